The average Bonchev–Trinajstić information content (AvgIpc) is 2.36. The van der Waals surface area contributed by atoms with Crippen LogP contribution in [-0.2, 0) is 0 Å². The van der Waals surface area contributed by atoms with E-state index in [-0.39, 0.29) is 5.82 Å². The van der Waals surface area contributed by atoms with Crippen LogP contribution in [0.1, 0.15) is 19.7 Å². The topological polar surface area (TPSA) is 64.7 Å². The number of benzene rings is 1. The Morgan fingerprint density at radius 3 is 2.39 bits per heavy atom. The van der Waals surface area contributed by atoms with Crippen LogP contribution < -0.4 is 5.73 Å². The molecule has 0 aliphatic heterocycles. The van der Waals surface area contributed by atoms with E-state index in [1.807, 2.05) is 13.8 Å². The number of hydrogen-bond donors (Lipinski definition) is 1. The Labute approximate surface area is 116 Å². The normalized spacial score (nSPS) is 9.61. The molecule has 0 bridgehead atoms. The number of nitrogens with zero attached hydrogens (tertiary/aromatic N) is 3. The predicted molar refractivity (Wildman–Crippen MR) is 75.8 cm³/mol. The van der Waals surface area contributed by atoms with Crippen LogP contribution in [0.2, 0.25) is 10.0 Å². The molecule has 0 amide bonds. The van der Waals surface area contributed by atoms with Crippen molar-refractivity contribution in [2.75, 3.05) is 5.73 Å². The van der Waals surface area contributed by atoms with Crippen LogP contribution in [0.15, 0.2) is 18.2 Å². The minimum Gasteiger partial charge on any atom is -0.382 e. The number of aromatic nitrogens is 3. The molecular weight excluding hydrogens is 271 g/mol. The zero-order valence-corrected chi connectivity index (χ0v) is 11.9. The second-order valence-corrected chi connectivity index (χ2v) is 3.98. The van der Waals surface area contributed by atoms with Gasteiger partial charge in [0.05, 0.1) is 10.0 Å². The lowest BCUT2D eigenvalue weighted by molar-refractivity contribution is 0.920. The van der Waals surface area contributed by atoms with Gasteiger partial charge in [-0.05, 0) is 13.0 Å². The van der Waals surface area contributed by atoms with E-state index in [2.05, 4.69) is 15.2 Å². The standard InChI is InChI=1S/C10H8Cl2N4.C2H6/c1-5-14-10(13)9(16-15-5)6-3-2-4-7(11)8(6)12;1-2/h2-4H,1H3,(H2,13,14,15);1-2H3. The number of nitrogen functional groups attached to an aromatic ring is 1. The highest BCUT2D eigenvalue weighted by Crippen LogP contribution is 2.33. The second kappa shape index (κ2) is 6.52. The lowest BCUT2D eigenvalue weighted by Crippen LogP contribution is -2.02. The smallest absolute Gasteiger partial charge is 0.154 e. The maximum Gasteiger partial charge on any atom is 0.154 e. The lowest BCUT2D eigenvalue weighted by Gasteiger charge is -2.06. The molecule has 96 valence electrons. The largest absolute Gasteiger partial charge is 0.382 e. The van der Waals surface area contributed by atoms with Gasteiger partial charge in [0.15, 0.2) is 5.82 Å². The van der Waals surface area contributed by atoms with Gasteiger partial charge in [0.25, 0.3) is 0 Å². The molecule has 6 heteroatoms. The van der Waals surface area contributed by atoms with Gasteiger partial charge in [-0.25, -0.2) is 4.98 Å². The summed E-state index contributed by atoms with van der Waals surface area (Å²) >= 11 is 12.0. The summed E-state index contributed by atoms with van der Waals surface area (Å²) in [5, 5.41) is 8.66. The first-order valence-electron chi connectivity index (χ1n) is 5.51. The minimum atomic E-state index is 0.289. The van der Waals surface area contributed by atoms with E-state index in [0.717, 1.165) is 0 Å². The molecule has 0 spiro atoms. The monoisotopic (exact) mass is 284 g/mol. The third kappa shape index (κ3) is 3.09. The zero-order chi connectivity index (χ0) is 13.7. The number of aryl methyl sites for hydroxylation is 1. The molecule has 2 rings (SSSR count). The molecular formula is C12H14Cl2N4. The van der Waals surface area contributed by atoms with Gasteiger partial charge >= 0.3 is 0 Å². The summed E-state index contributed by atoms with van der Waals surface area (Å²) in [4.78, 5) is 4.02. The van der Waals surface area contributed by atoms with Gasteiger partial charge in [0.2, 0.25) is 0 Å². The number of nitrogens with two attached hydrogens (primary N) is 1. The molecule has 2 N–H and O–H groups in total. The average molecular weight is 285 g/mol. The fraction of sp³-hybridized carbons (Fsp3) is 0.250. The van der Waals surface area contributed by atoms with E-state index in [0.29, 0.717) is 27.1 Å². The van der Waals surface area contributed by atoms with Crippen LogP contribution in [0.25, 0.3) is 11.3 Å². The minimum absolute atomic E-state index is 0.289. The molecule has 2 aromatic rings. The molecule has 4 nitrogen and oxygen atoms in total. The summed E-state index contributed by atoms with van der Waals surface area (Å²) < 4.78 is 0. The first-order chi connectivity index (χ1) is 8.59. The van der Waals surface area contributed by atoms with Crippen molar-refractivity contribution in [1.29, 1.82) is 0 Å². The maximum atomic E-state index is 6.06. The molecule has 1 aromatic carbocycles. The molecule has 0 atom stereocenters. The van der Waals surface area contributed by atoms with Crippen molar-refractivity contribution in [2.24, 2.45) is 0 Å². The van der Waals surface area contributed by atoms with Crippen LogP contribution in [0.4, 0.5) is 5.82 Å². The Morgan fingerprint density at radius 2 is 1.78 bits per heavy atom. The summed E-state index contributed by atoms with van der Waals surface area (Å²) in [5.74, 6) is 0.802. The summed E-state index contributed by atoms with van der Waals surface area (Å²) in [7, 11) is 0. The Balaban J connectivity index is 0.000000771. The van der Waals surface area contributed by atoms with E-state index in [4.69, 9.17) is 28.9 Å². The molecule has 0 saturated heterocycles. The molecule has 18 heavy (non-hydrogen) atoms. The van der Waals surface area contributed by atoms with Gasteiger partial charge < -0.3 is 5.73 Å². The van der Waals surface area contributed by atoms with Crippen LogP contribution in [0.3, 0.4) is 0 Å². The van der Waals surface area contributed by atoms with E-state index in [1.54, 1.807) is 25.1 Å². The van der Waals surface area contributed by atoms with Crippen molar-refractivity contribution >= 4 is 29.0 Å². The van der Waals surface area contributed by atoms with Crippen molar-refractivity contribution in [3.05, 3.63) is 34.1 Å². The van der Waals surface area contributed by atoms with E-state index in [9.17, 15) is 0 Å². The van der Waals surface area contributed by atoms with E-state index in [1.165, 1.54) is 0 Å². The highest BCUT2D eigenvalue weighted by atomic mass is 35.5. The number of rotatable bonds is 1. The van der Waals surface area contributed by atoms with Gasteiger partial charge in [-0.2, -0.15) is 0 Å². The van der Waals surface area contributed by atoms with Gasteiger partial charge in [-0.15, -0.1) is 10.2 Å². The van der Waals surface area contributed by atoms with Crippen LogP contribution in [0, 0.1) is 6.92 Å². The quantitative estimate of drug-likeness (QED) is 0.866. The van der Waals surface area contributed by atoms with Crippen LogP contribution in [0.5, 0.6) is 0 Å². The molecule has 0 aliphatic rings. The summed E-state index contributed by atoms with van der Waals surface area (Å²) in [6.45, 7) is 5.71. The van der Waals surface area contributed by atoms with Gasteiger partial charge in [0, 0.05) is 5.56 Å². The molecule has 0 aliphatic carbocycles. The molecule has 0 radical (unpaired) electrons. The SMILES string of the molecule is CC.Cc1nnc(-c2cccc(Cl)c2Cl)c(N)n1. The summed E-state index contributed by atoms with van der Waals surface area (Å²) in [6, 6.07) is 5.23. The molecule has 1 heterocycles. The molecule has 0 saturated carbocycles. The van der Waals surface area contributed by atoms with E-state index >= 15 is 0 Å². The lowest BCUT2D eigenvalue weighted by atomic mass is 10.1. The Bertz CT molecular complexity index is 544. The Morgan fingerprint density at radius 1 is 1.11 bits per heavy atom. The predicted octanol–water partition coefficient (Wildman–Crippen LogP) is 3.76. The molecule has 1 aromatic heterocycles. The maximum absolute atomic E-state index is 6.06. The van der Waals surface area contributed by atoms with Crippen molar-refractivity contribution < 1.29 is 0 Å². The highest BCUT2D eigenvalue weighted by Gasteiger charge is 2.12. The fourth-order valence-corrected chi connectivity index (χ4v) is 1.69. The summed E-state index contributed by atoms with van der Waals surface area (Å²) in [5.41, 5.74) is 6.83. The van der Waals surface area contributed by atoms with Crippen LogP contribution >= 0.6 is 23.2 Å². The third-order valence-electron chi connectivity index (χ3n) is 2.03. The number of hydrogen-bond acceptors (Lipinski definition) is 4. The van der Waals surface area contributed by atoms with Crippen molar-refractivity contribution in [3.63, 3.8) is 0 Å². The summed E-state index contributed by atoms with van der Waals surface area (Å²) in [6.07, 6.45) is 0. The number of halogens is 2. The number of anilines is 1. The van der Waals surface area contributed by atoms with Gasteiger partial charge in [-0.3, -0.25) is 0 Å². The van der Waals surface area contributed by atoms with Gasteiger partial charge in [-0.1, -0.05) is 49.2 Å². The van der Waals surface area contributed by atoms with Crippen molar-refractivity contribution in [3.8, 4) is 11.3 Å². The zero-order valence-electron chi connectivity index (χ0n) is 10.4. The third-order valence-corrected chi connectivity index (χ3v) is 2.85. The highest BCUT2D eigenvalue weighted by molar-refractivity contribution is 6.43. The van der Waals surface area contributed by atoms with Crippen LogP contribution in [-0.4, -0.2) is 15.2 Å². The Hall–Kier alpha value is -1.39. The second-order valence-electron chi connectivity index (χ2n) is 3.19. The van der Waals surface area contributed by atoms with E-state index < -0.39 is 0 Å². The first-order valence-corrected chi connectivity index (χ1v) is 6.26. The fourth-order valence-electron chi connectivity index (χ4n) is 1.30. The van der Waals surface area contributed by atoms with Crippen molar-refractivity contribution in [1.82, 2.24) is 15.2 Å². The molecule has 0 unspecified atom stereocenters. The Kier molecular flexibility index (Phi) is 5.31. The van der Waals surface area contributed by atoms with Crippen molar-refractivity contribution in [2.45, 2.75) is 20.8 Å². The molecule has 0 fully saturated rings. The first kappa shape index (κ1) is 14.7. The van der Waals surface area contributed by atoms with Gasteiger partial charge in [0.1, 0.15) is 11.5 Å².